The molecule has 0 saturated heterocycles. The first-order valence-electron chi connectivity index (χ1n) is 8.42. The molecule has 2 N–H and O–H groups in total. The van der Waals surface area contributed by atoms with Gasteiger partial charge in [0.05, 0.1) is 11.1 Å². The average Bonchev–Trinajstić information content (AvgIpc) is 2.93. The summed E-state index contributed by atoms with van der Waals surface area (Å²) in [6.07, 6.45) is -1.97. The van der Waals surface area contributed by atoms with Gasteiger partial charge in [-0.25, -0.2) is 0 Å². The minimum Gasteiger partial charge on any atom is -0.508 e. The third kappa shape index (κ3) is 3.34. The summed E-state index contributed by atoms with van der Waals surface area (Å²) in [7, 11) is 0. The normalized spacial score (nSPS) is 12.0. The van der Waals surface area contributed by atoms with Gasteiger partial charge in [0.2, 0.25) is 0 Å². The highest BCUT2D eigenvalue weighted by Crippen LogP contribution is 2.40. The van der Waals surface area contributed by atoms with Gasteiger partial charge >= 0.3 is 6.18 Å². The van der Waals surface area contributed by atoms with Crippen LogP contribution in [0.15, 0.2) is 36.4 Å². The standard InChI is InChI=1S/C19H19F3N2O2/c1-2-3-4-10-24-18-14(6-5-7-15(18)19(20,21)22)17(23-24)13-9-8-12(25)11-16(13)26/h5-9,11,25-26H,2-4,10H2,1H3. The number of nitrogens with zero attached hydrogens (tertiary/aromatic N) is 2. The molecular formula is C19H19F3N2O2. The first-order valence-corrected chi connectivity index (χ1v) is 8.42. The molecule has 0 atom stereocenters. The number of halogens is 3. The van der Waals surface area contributed by atoms with Crippen LogP contribution in [0.2, 0.25) is 0 Å². The number of phenolic OH excluding ortho intramolecular Hbond substituents is 2. The zero-order valence-electron chi connectivity index (χ0n) is 14.2. The van der Waals surface area contributed by atoms with Crippen LogP contribution in [0, 0.1) is 0 Å². The maximum Gasteiger partial charge on any atom is 0.418 e. The number of aromatic nitrogens is 2. The molecule has 7 heteroatoms. The van der Waals surface area contributed by atoms with Crippen molar-refractivity contribution in [2.24, 2.45) is 0 Å². The number of aryl methyl sites for hydroxylation is 1. The molecule has 0 aliphatic carbocycles. The topological polar surface area (TPSA) is 58.3 Å². The summed E-state index contributed by atoms with van der Waals surface area (Å²) in [4.78, 5) is 0. The Bertz CT molecular complexity index is 932. The molecule has 1 heterocycles. The number of para-hydroxylation sites is 1. The number of benzene rings is 2. The molecule has 3 rings (SSSR count). The Labute approximate surface area is 148 Å². The Morgan fingerprint density at radius 1 is 1.08 bits per heavy atom. The van der Waals surface area contributed by atoms with Crippen molar-refractivity contribution >= 4 is 10.9 Å². The van der Waals surface area contributed by atoms with E-state index in [9.17, 15) is 23.4 Å². The highest BCUT2D eigenvalue weighted by molar-refractivity contribution is 5.96. The van der Waals surface area contributed by atoms with Crippen LogP contribution < -0.4 is 0 Å². The fourth-order valence-electron chi connectivity index (χ4n) is 3.06. The van der Waals surface area contributed by atoms with Crippen LogP contribution in [0.25, 0.3) is 22.2 Å². The van der Waals surface area contributed by atoms with E-state index in [0.29, 0.717) is 18.4 Å². The molecule has 0 aliphatic heterocycles. The van der Waals surface area contributed by atoms with Crippen LogP contribution in [0.4, 0.5) is 13.2 Å². The van der Waals surface area contributed by atoms with E-state index in [2.05, 4.69) is 5.10 Å². The quantitative estimate of drug-likeness (QED) is 0.602. The van der Waals surface area contributed by atoms with Gasteiger partial charge in [-0.05, 0) is 24.6 Å². The van der Waals surface area contributed by atoms with Crippen molar-refractivity contribution in [1.29, 1.82) is 0 Å². The third-order valence-corrected chi connectivity index (χ3v) is 4.29. The van der Waals surface area contributed by atoms with Gasteiger partial charge in [0.1, 0.15) is 17.2 Å². The van der Waals surface area contributed by atoms with Crippen molar-refractivity contribution < 1.29 is 23.4 Å². The van der Waals surface area contributed by atoms with Crippen molar-refractivity contribution in [2.75, 3.05) is 0 Å². The van der Waals surface area contributed by atoms with Gasteiger partial charge < -0.3 is 10.2 Å². The van der Waals surface area contributed by atoms with Crippen molar-refractivity contribution in [2.45, 2.75) is 38.9 Å². The van der Waals surface area contributed by atoms with Crippen LogP contribution in [-0.4, -0.2) is 20.0 Å². The molecule has 138 valence electrons. The van der Waals surface area contributed by atoms with Gasteiger partial charge in [0.15, 0.2) is 0 Å². The molecule has 3 aromatic rings. The lowest BCUT2D eigenvalue weighted by atomic mass is 10.0. The minimum absolute atomic E-state index is 0.0126. The number of phenols is 2. The molecule has 0 radical (unpaired) electrons. The van der Waals surface area contributed by atoms with E-state index in [4.69, 9.17) is 0 Å². The van der Waals surface area contributed by atoms with E-state index in [0.717, 1.165) is 25.0 Å². The highest BCUT2D eigenvalue weighted by atomic mass is 19.4. The first kappa shape index (κ1) is 18.1. The third-order valence-electron chi connectivity index (χ3n) is 4.29. The Kier molecular flexibility index (Phi) is 4.80. The van der Waals surface area contributed by atoms with Crippen molar-refractivity contribution in [1.82, 2.24) is 9.78 Å². The minimum atomic E-state index is -4.50. The lowest BCUT2D eigenvalue weighted by Crippen LogP contribution is -2.09. The van der Waals surface area contributed by atoms with Crippen LogP contribution in [0.1, 0.15) is 31.7 Å². The largest absolute Gasteiger partial charge is 0.508 e. The molecule has 2 aromatic carbocycles. The Morgan fingerprint density at radius 2 is 1.85 bits per heavy atom. The van der Waals surface area contributed by atoms with E-state index in [1.54, 1.807) is 6.07 Å². The molecule has 0 bridgehead atoms. The number of fused-ring (bicyclic) bond motifs is 1. The summed E-state index contributed by atoms with van der Waals surface area (Å²) in [6, 6.07) is 7.90. The molecule has 26 heavy (non-hydrogen) atoms. The lowest BCUT2D eigenvalue weighted by Gasteiger charge is -2.10. The second kappa shape index (κ2) is 6.90. The van der Waals surface area contributed by atoms with Crippen molar-refractivity contribution in [3.05, 3.63) is 42.0 Å². The molecule has 1 aromatic heterocycles. The molecule has 0 fully saturated rings. The second-order valence-electron chi connectivity index (χ2n) is 6.18. The Balaban J connectivity index is 2.24. The number of hydrogen-bond donors (Lipinski definition) is 2. The predicted octanol–water partition coefficient (Wildman–Crippen LogP) is 5.32. The van der Waals surface area contributed by atoms with Crippen LogP contribution in [0.5, 0.6) is 11.5 Å². The van der Waals surface area contributed by atoms with Crippen molar-refractivity contribution in [3.63, 3.8) is 0 Å². The molecular weight excluding hydrogens is 345 g/mol. The van der Waals surface area contributed by atoms with E-state index in [-0.39, 0.29) is 28.3 Å². The number of aromatic hydroxyl groups is 2. The van der Waals surface area contributed by atoms with Gasteiger partial charge in [-0.1, -0.05) is 31.9 Å². The van der Waals surface area contributed by atoms with Crippen LogP contribution >= 0.6 is 0 Å². The molecule has 0 spiro atoms. The second-order valence-corrected chi connectivity index (χ2v) is 6.18. The zero-order chi connectivity index (χ0) is 18.9. The summed E-state index contributed by atoms with van der Waals surface area (Å²) in [5, 5.41) is 24.3. The fraction of sp³-hybridized carbons (Fsp3) is 0.316. The van der Waals surface area contributed by atoms with E-state index in [1.165, 1.54) is 22.9 Å². The van der Waals surface area contributed by atoms with E-state index >= 15 is 0 Å². The van der Waals surface area contributed by atoms with Gasteiger partial charge in [-0.3, -0.25) is 4.68 Å². The molecule has 0 amide bonds. The molecule has 0 unspecified atom stereocenters. The number of alkyl halides is 3. The summed E-state index contributed by atoms with van der Waals surface area (Å²) >= 11 is 0. The van der Waals surface area contributed by atoms with Crippen LogP contribution in [0.3, 0.4) is 0 Å². The Hall–Kier alpha value is -2.70. The first-order chi connectivity index (χ1) is 12.3. The Morgan fingerprint density at radius 3 is 2.50 bits per heavy atom. The smallest absolute Gasteiger partial charge is 0.418 e. The van der Waals surface area contributed by atoms with Gasteiger partial charge in [0, 0.05) is 23.6 Å². The monoisotopic (exact) mass is 364 g/mol. The summed E-state index contributed by atoms with van der Waals surface area (Å²) in [6.45, 7) is 2.37. The zero-order valence-corrected chi connectivity index (χ0v) is 14.2. The maximum absolute atomic E-state index is 13.5. The van der Waals surface area contributed by atoms with Crippen molar-refractivity contribution in [3.8, 4) is 22.8 Å². The SMILES string of the molecule is CCCCCn1nc(-c2ccc(O)cc2O)c2cccc(C(F)(F)F)c21. The summed E-state index contributed by atoms with van der Waals surface area (Å²) in [5.74, 6) is -0.364. The highest BCUT2D eigenvalue weighted by Gasteiger charge is 2.35. The van der Waals surface area contributed by atoms with Crippen LogP contribution in [-0.2, 0) is 12.7 Å². The number of rotatable bonds is 5. The number of hydrogen-bond acceptors (Lipinski definition) is 3. The number of unbranched alkanes of at least 4 members (excludes halogenated alkanes) is 2. The molecule has 0 aliphatic rings. The van der Waals surface area contributed by atoms with Gasteiger partial charge in [-0.15, -0.1) is 0 Å². The lowest BCUT2D eigenvalue weighted by molar-refractivity contribution is -0.136. The van der Waals surface area contributed by atoms with E-state index in [1.807, 2.05) is 6.92 Å². The predicted molar refractivity (Wildman–Crippen MR) is 93.0 cm³/mol. The maximum atomic E-state index is 13.5. The fourth-order valence-corrected chi connectivity index (χ4v) is 3.06. The molecule has 0 saturated carbocycles. The summed E-state index contributed by atoms with van der Waals surface area (Å²) < 4.78 is 41.9. The average molecular weight is 364 g/mol. The summed E-state index contributed by atoms with van der Waals surface area (Å²) in [5.41, 5.74) is -0.191. The van der Waals surface area contributed by atoms with Gasteiger partial charge in [0.25, 0.3) is 0 Å². The van der Waals surface area contributed by atoms with Gasteiger partial charge in [-0.2, -0.15) is 18.3 Å². The van der Waals surface area contributed by atoms with E-state index < -0.39 is 11.7 Å². The molecule has 4 nitrogen and oxygen atoms in total.